The Morgan fingerprint density at radius 2 is 1.71 bits per heavy atom. The zero-order chi connectivity index (χ0) is 20.4. The molecule has 3 rings (SSSR count). The SMILES string of the molecule is C=C(C)C(O)OCC(O)CNc1ccc(N)c2c1C(=O)c1ccccc1C2=O. The minimum atomic E-state index is -1.16. The number of rotatable bonds is 7. The number of fused-ring (bicyclic) bond motifs is 2. The van der Waals surface area contributed by atoms with Crippen LogP contribution in [0.3, 0.4) is 0 Å². The molecular weight excluding hydrogens is 360 g/mol. The van der Waals surface area contributed by atoms with Crippen molar-refractivity contribution in [1.82, 2.24) is 0 Å². The Kier molecular flexibility index (Phi) is 5.60. The molecule has 2 aromatic carbocycles. The monoisotopic (exact) mass is 382 g/mol. The summed E-state index contributed by atoms with van der Waals surface area (Å²) in [6, 6.07) is 9.75. The molecule has 0 fully saturated rings. The lowest BCUT2D eigenvalue weighted by Crippen LogP contribution is -2.29. The molecule has 7 heteroatoms. The van der Waals surface area contributed by atoms with Gasteiger partial charge in [-0.1, -0.05) is 30.8 Å². The predicted molar refractivity (Wildman–Crippen MR) is 105 cm³/mol. The minimum absolute atomic E-state index is 0.0440. The van der Waals surface area contributed by atoms with Gasteiger partial charge in [-0.15, -0.1) is 0 Å². The van der Waals surface area contributed by atoms with Crippen molar-refractivity contribution in [3.63, 3.8) is 0 Å². The van der Waals surface area contributed by atoms with Crippen LogP contribution in [0.25, 0.3) is 0 Å². The third-order valence-electron chi connectivity index (χ3n) is 4.50. The van der Waals surface area contributed by atoms with Gasteiger partial charge in [0.15, 0.2) is 17.9 Å². The summed E-state index contributed by atoms with van der Waals surface area (Å²) in [5.41, 5.74) is 8.03. The molecule has 0 spiro atoms. The highest BCUT2D eigenvalue weighted by molar-refractivity contribution is 6.31. The predicted octanol–water partition coefficient (Wildman–Crippen LogP) is 1.73. The standard InChI is InChI=1S/C21H22N2O5/c1-11(2)21(27)28-10-12(24)9-23-16-8-7-15(22)17-18(16)20(26)14-6-4-3-5-13(14)19(17)25/h3-8,12,21,23-24,27H,1,9-10,22H2,2H3. The molecule has 2 atom stereocenters. The molecule has 0 saturated carbocycles. The number of hydrogen-bond donors (Lipinski definition) is 4. The number of aliphatic hydroxyl groups excluding tert-OH is 2. The summed E-state index contributed by atoms with van der Waals surface area (Å²) in [4.78, 5) is 25.8. The van der Waals surface area contributed by atoms with Crippen molar-refractivity contribution < 1.29 is 24.5 Å². The Hall–Kier alpha value is -3.00. The molecule has 0 radical (unpaired) electrons. The van der Waals surface area contributed by atoms with Gasteiger partial charge in [-0.2, -0.15) is 0 Å². The Bertz CT molecular complexity index is 954. The maximum absolute atomic E-state index is 13.0. The molecule has 28 heavy (non-hydrogen) atoms. The molecular formula is C21H22N2O5. The molecule has 1 aliphatic carbocycles. The summed E-state index contributed by atoms with van der Waals surface area (Å²) in [5, 5.41) is 22.6. The first-order chi connectivity index (χ1) is 13.3. The minimum Gasteiger partial charge on any atom is -0.398 e. The normalized spacial score (nSPS) is 14.8. The summed E-state index contributed by atoms with van der Waals surface area (Å²) >= 11 is 0. The van der Waals surface area contributed by atoms with Crippen LogP contribution in [0.5, 0.6) is 0 Å². The summed E-state index contributed by atoms with van der Waals surface area (Å²) < 4.78 is 5.10. The molecule has 2 unspecified atom stereocenters. The van der Waals surface area contributed by atoms with Crippen molar-refractivity contribution >= 4 is 22.9 Å². The summed E-state index contributed by atoms with van der Waals surface area (Å²) in [7, 11) is 0. The molecule has 5 N–H and O–H groups in total. The fraction of sp³-hybridized carbons (Fsp3) is 0.238. The van der Waals surface area contributed by atoms with Crippen molar-refractivity contribution in [3.8, 4) is 0 Å². The van der Waals surface area contributed by atoms with Gasteiger partial charge in [0.2, 0.25) is 0 Å². The molecule has 0 aromatic heterocycles. The lowest BCUT2D eigenvalue weighted by atomic mass is 9.82. The Balaban J connectivity index is 1.82. The van der Waals surface area contributed by atoms with E-state index in [0.29, 0.717) is 22.4 Å². The molecule has 2 aromatic rings. The Morgan fingerprint density at radius 3 is 2.32 bits per heavy atom. The van der Waals surface area contributed by atoms with Gasteiger partial charge in [0, 0.05) is 29.0 Å². The Morgan fingerprint density at radius 1 is 1.11 bits per heavy atom. The fourth-order valence-corrected chi connectivity index (χ4v) is 3.03. The summed E-state index contributed by atoms with van der Waals surface area (Å²) in [6.07, 6.45) is -2.11. The average Bonchev–Trinajstić information content (AvgIpc) is 2.68. The van der Waals surface area contributed by atoms with Gasteiger partial charge in [0.05, 0.1) is 23.8 Å². The van der Waals surface area contributed by atoms with Crippen LogP contribution in [0.1, 0.15) is 38.8 Å². The second kappa shape index (κ2) is 7.93. The van der Waals surface area contributed by atoms with Gasteiger partial charge in [-0.3, -0.25) is 9.59 Å². The van der Waals surface area contributed by atoms with E-state index in [0.717, 1.165) is 0 Å². The number of carbonyl (C=O) groups excluding carboxylic acids is 2. The highest BCUT2D eigenvalue weighted by Crippen LogP contribution is 2.35. The smallest absolute Gasteiger partial charge is 0.196 e. The fourth-order valence-electron chi connectivity index (χ4n) is 3.03. The van der Waals surface area contributed by atoms with Gasteiger partial charge in [0.25, 0.3) is 0 Å². The molecule has 0 amide bonds. The molecule has 0 saturated heterocycles. The Labute approximate surface area is 162 Å². The number of nitrogens with one attached hydrogen (secondary N) is 1. The van der Waals surface area contributed by atoms with Crippen molar-refractivity contribution in [2.24, 2.45) is 0 Å². The maximum Gasteiger partial charge on any atom is 0.196 e. The zero-order valence-electron chi connectivity index (χ0n) is 15.4. The first-order valence-corrected chi connectivity index (χ1v) is 8.79. The van der Waals surface area contributed by atoms with Crippen molar-refractivity contribution in [3.05, 3.63) is 70.8 Å². The molecule has 0 heterocycles. The van der Waals surface area contributed by atoms with E-state index in [1.54, 1.807) is 43.3 Å². The second-order valence-electron chi connectivity index (χ2n) is 6.72. The third-order valence-corrected chi connectivity index (χ3v) is 4.50. The largest absolute Gasteiger partial charge is 0.398 e. The lowest BCUT2D eigenvalue weighted by molar-refractivity contribution is -0.0956. The van der Waals surface area contributed by atoms with Crippen molar-refractivity contribution in [1.29, 1.82) is 0 Å². The number of nitrogens with two attached hydrogens (primary N) is 1. The zero-order valence-corrected chi connectivity index (χ0v) is 15.4. The van der Waals surface area contributed by atoms with E-state index in [2.05, 4.69) is 11.9 Å². The van der Waals surface area contributed by atoms with E-state index in [1.807, 2.05) is 0 Å². The van der Waals surface area contributed by atoms with Crippen LogP contribution in [-0.4, -0.2) is 47.3 Å². The number of carbonyl (C=O) groups is 2. The summed E-state index contributed by atoms with van der Waals surface area (Å²) in [5.74, 6) is -0.608. The molecule has 0 bridgehead atoms. The van der Waals surface area contributed by atoms with Crippen LogP contribution >= 0.6 is 0 Å². The number of ketones is 2. The van der Waals surface area contributed by atoms with E-state index in [-0.39, 0.29) is 41.5 Å². The van der Waals surface area contributed by atoms with Crippen LogP contribution in [0.4, 0.5) is 11.4 Å². The van der Waals surface area contributed by atoms with Gasteiger partial charge in [-0.05, 0) is 24.6 Å². The third kappa shape index (κ3) is 3.68. The quantitative estimate of drug-likeness (QED) is 0.279. The summed E-state index contributed by atoms with van der Waals surface area (Å²) in [6.45, 7) is 5.08. The average molecular weight is 382 g/mol. The number of hydrogen-bond acceptors (Lipinski definition) is 7. The van der Waals surface area contributed by atoms with Crippen LogP contribution in [0, 0.1) is 0 Å². The molecule has 7 nitrogen and oxygen atoms in total. The lowest BCUT2D eigenvalue weighted by Gasteiger charge is -2.23. The van der Waals surface area contributed by atoms with Crippen molar-refractivity contribution in [2.75, 3.05) is 24.2 Å². The van der Waals surface area contributed by atoms with Crippen LogP contribution in [0.2, 0.25) is 0 Å². The number of nitrogen functional groups attached to an aromatic ring is 1. The van der Waals surface area contributed by atoms with Gasteiger partial charge in [0.1, 0.15) is 0 Å². The first kappa shape index (κ1) is 19.8. The van der Waals surface area contributed by atoms with Crippen LogP contribution < -0.4 is 11.1 Å². The van der Waals surface area contributed by atoms with E-state index in [1.165, 1.54) is 0 Å². The van der Waals surface area contributed by atoms with Gasteiger partial charge in [-0.25, -0.2) is 0 Å². The highest BCUT2D eigenvalue weighted by atomic mass is 16.6. The first-order valence-electron chi connectivity index (χ1n) is 8.79. The molecule has 146 valence electrons. The maximum atomic E-state index is 13.0. The van der Waals surface area contributed by atoms with E-state index >= 15 is 0 Å². The van der Waals surface area contributed by atoms with Crippen LogP contribution in [-0.2, 0) is 4.74 Å². The van der Waals surface area contributed by atoms with Crippen molar-refractivity contribution in [2.45, 2.75) is 19.3 Å². The molecule has 1 aliphatic rings. The number of aliphatic hydroxyl groups is 2. The molecule has 0 aliphatic heterocycles. The van der Waals surface area contributed by atoms with Gasteiger partial charge < -0.3 is 26.0 Å². The van der Waals surface area contributed by atoms with E-state index in [4.69, 9.17) is 10.5 Å². The highest BCUT2D eigenvalue weighted by Gasteiger charge is 2.33. The van der Waals surface area contributed by atoms with E-state index < -0.39 is 12.4 Å². The second-order valence-corrected chi connectivity index (χ2v) is 6.72. The van der Waals surface area contributed by atoms with Gasteiger partial charge >= 0.3 is 0 Å². The number of anilines is 2. The van der Waals surface area contributed by atoms with Crippen LogP contribution in [0.15, 0.2) is 48.6 Å². The van der Waals surface area contributed by atoms with E-state index in [9.17, 15) is 19.8 Å². The number of benzene rings is 2. The number of ether oxygens (including phenoxy) is 1. The topological polar surface area (TPSA) is 122 Å².